The van der Waals surface area contributed by atoms with Crippen LogP contribution < -0.4 is 11.1 Å². The highest BCUT2D eigenvalue weighted by atomic mass is 32.1. The quantitative estimate of drug-likeness (QED) is 0.467. The maximum Gasteiger partial charge on any atom is 0.322 e. The second-order valence-electron chi connectivity index (χ2n) is 6.39. The first-order valence-electron chi connectivity index (χ1n) is 8.88. The molecule has 0 unspecified atom stereocenters. The number of anilines is 1. The Kier molecular flexibility index (Phi) is 4.97. The van der Waals surface area contributed by atoms with Gasteiger partial charge in [0.1, 0.15) is 16.3 Å². The zero-order valence-electron chi connectivity index (χ0n) is 15.3. The molecule has 0 atom stereocenters. The first-order valence-corrected chi connectivity index (χ1v) is 9.70. The van der Waals surface area contributed by atoms with Gasteiger partial charge in [0.05, 0.1) is 11.4 Å². The first-order chi connectivity index (χ1) is 14.0. The Bertz CT molecular complexity index is 1200. The predicted octanol–water partition coefficient (Wildman–Crippen LogP) is 4.03. The van der Waals surface area contributed by atoms with Crippen LogP contribution in [0.5, 0.6) is 0 Å². The molecule has 1 amide bonds. The van der Waals surface area contributed by atoms with Crippen LogP contribution in [0, 0.1) is 0 Å². The molecule has 0 aliphatic heterocycles. The van der Waals surface area contributed by atoms with Gasteiger partial charge in [0.2, 0.25) is 0 Å². The van der Waals surface area contributed by atoms with Gasteiger partial charge in [0.25, 0.3) is 5.91 Å². The summed E-state index contributed by atoms with van der Waals surface area (Å²) in [6.45, 7) is -0.471. The number of nitrogen functional groups attached to an aromatic ring is 1. The van der Waals surface area contributed by atoms with Crippen molar-refractivity contribution in [2.45, 2.75) is 0 Å². The number of aliphatic carboxylic acids is 1. The molecule has 0 saturated heterocycles. The Labute approximate surface area is 170 Å². The second kappa shape index (κ2) is 7.73. The Morgan fingerprint density at radius 2 is 1.62 bits per heavy atom. The lowest BCUT2D eigenvalue weighted by Gasteiger charge is -2.09. The molecule has 29 heavy (non-hydrogen) atoms. The summed E-state index contributed by atoms with van der Waals surface area (Å²) in [6.07, 6.45) is 0. The Morgan fingerprint density at radius 1 is 1.00 bits per heavy atom. The van der Waals surface area contributed by atoms with Crippen molar-refractivity contribution in [3.63, 3.8) is 0 Å². The van der Waals surface area contributed by atoms with E-state index in [4.69, 9.17) is 15.8 Å². The summed E-state index contributed by atoms with van der Waals surface area (Å²) in [7, 11) is 0. The lowest BCUT2D eigenvalue weighted by Crippen LogP contribution is -2.29. The van der Waals surface area contributed by atoms with Crippen molar-refractivity contribution < 1.29 is 14.7 Å². The monoisotopic (exact) mass is 403 g/mol. The van der Waals surface area contributed by atoms with E-state index < -0.39 is 18.4 Å². The van der Waals surface area contributed by atoms with Crippen LogP contribution in [0.15, 0.2) is 66.7 Å². The highest BCUT2D eigenvalue weighted by molar-refractivity contribution is 7.21. The summed E-state index contributed by atoms with van der Waals surface area (Å²) in [5.74, 6) is -1.64. The van der Waals surface area contributed by atoms with Crippen molar-refractivity contribution in [3.05, 3.63) is 71.6 Å². The van der Waals surface area contributed by atoms with E-state index >= 15 is 0 Å². The summed E-state index contributed by atoms with van der Waals surface area (Å²) < 4.78 is 0. The van der Waals surface area contributed by atoms with Gasteiger partial charge >= 0.3 is 5.97 Å². The topological polar surface area (TPSA) is 105 Å². The summed E-state index contributed by atoms with van der Waals surface area (Å²) >= 11 is 1.16. The fourth-order valence-electron chi connectivity index (χ4n) is 3.13. The molecule has 4 aromatic rings. The standard InChI is InChI=1S/C22H17N3O3S/c23-19-18-15(13-7-3-1-4-8-13)11-16(14-9-5-2-6-10-14)25-22(18)29-20(19)21(28)24-12-17(26)27/h1-11H,12,23H2,(H,24,28)(H,26,27). The van der Waals surface area contributed by atoms with Crippen LogP contribution in [0.25, 0.3) is 32.6 Å². The van der Waals surface area contributed by atoms with Crippen LogP contribution >= 0.6 is 11.3 Å². The SMILES string of the molecule is Nc1c(C(=O)NCC(=O)O)sc2nc(-c3ccccc3)cc(-c3ccccc3)c12. The average Bonchev–Trinajstić information content (AvgIpc) is 3.09. The number of pyridine rings is 1. The van der Waals surface area contributed by atoms with Crippen molar-refractivity contribution >= 4 is 39.1 Å². The molecule has 6 nitrogen and oxygen atoms in total. The van der Waals surface area contributed by atoms with Crippen molar-refractivity contribution in [3.8, 4) is 22.4 Å². The van der Waals surface area contributed by atoms with Gasteiger partial charge in [-0.05, 0) is 17.2 Å². The third-order valence-electron chi connectivity index (χ3n) is 4.46. The number of carboxylic acid groups (broad SMARTS) is 1. The summed E-state index contributed by atoms with van der Waals surface area (Å²) in [6, 6.07) is 21.5. The van der Waals surface area contributed by atoms with E-state index in [0.29, 0.717) is 15.9 Å². The number of nitrogens with two attached hydrogens (primary N) is 1. The number of carbonyl (C=O) groups excluding carboxylic acids is 1. The number of rotatable bonds is 5. The van der Waals surface area contributed by atoms with E-state index in [1.807, 2.05) is 66.7 Å². The number of amides is 1. The fraction of sp³-hybridized carbons (Fsp3) is 0.0455. The zero-order chi connectivity index (χ0) is 20.4. The lowest BCUT2D eigenvalue weighted by atomic mass is 9.99. The molecule has 0 aliphatic carbocycles. The van der Waals surface area contributed by atoms with E-state index in [2.05, 4.69) is 5.32 Å². The van der Waals surface area contributed by atoms with Crippen LogP contribution in [-0.2, 0) is 4.79 Å². The highest BCUT2D eigenvalue weighted by Crippen LogP contribution is 2.41. The maximum absolute atomic E-state index is 12.5. The largest absolute Gasteiger partial charge is 0.480 e. The number of carboxylic acids is 1. The third-order valence-corrected chi connectivity index (χ3v) is 5.56. The van der Waals surface area contributed by atoms with E-state index in [1.165, 1.54) is 0 Å². The van der Waals surface area contributed by atoms with Gasteiger partial charge < -0.3 is 16.2 Å². The molecule has 7 heteroatoms. The average molecular weight is 403 g/mol. The van der Waals surface area contributed by atoms with Crippen molar-refractivity contribution in [1.82, 2.24) is 10.3 Å². The highest BCUT2D eigenvalue weighted by Gasteiger charge is 2.21. The van der Waals surface area contributed by atoms with Gasteiger partial charge in [-0.1, -0.05) is 60.7 Å². The van der Waals surface area contributed by atoms with Crippen LogP contribution in [0.3, 0.4) is 0 Å². The minimum atomic E-state index is -1.12. The molecule has 0 spiro atoms. The van der Waals surface area contributed by atoms with Gasteiger partial charge in [-0.3, -0.25) is 9.59 Å². The van der Waals surface area contributed by atoms with E-state index in [0.717, 1.165) is 33.7 Å². The number of nitrogens with one attached hydrogen (secondary N) is 1. The molecule has 0 saturated carbocycles. The number of hydrogen-bond acceptors (Lipinski definition) is 5. The van der Waals surface area contributed by atoms with Gasteiger partial charge in [-0.15, -0.1) is 11.3 Å². The summed E-state index contributed by atoms with van der Waals surface area (Å²) in [4.78, 5) is 28.9. The molecule has 2 heterocycles. The zero-order valence-corrected chi connectivity index (χ0v) is 16.1. The van der Waals surface area contributed by atoms with E-state index in [1.54, 1.807) is 0 Å². The molecule has 2 aromatic heterocycles. The van der Waals surface area contributed by atoms with Crippen LogP contribution in [0.4, 0.5) is 5.69 Å². The molecule has 2 aromatic carbocycles. The van der Waals surface area contributed by atoms with Crippen LogP contribution in [-0.4, -0.2) is 28.5 Å². The predicted molar refractivity (Wildman–Crippen MR) is 115 cm³/mol. The number of hydrogen-bond donors (Lipinski definition) is 3. The Balaban J connectivity index is 1.92. The fourth-order valence-corrected chi connectivity index (χ4v) is 4.16. The van der Waals surface area contributed by atoms with Gasteiger partial charge in [0, 0.05) is 10.9 Å². The number of fused-ring (bicyclic) bond motifs is 1. The minimum Gasteiger partial charge on any atom is -0.480 e. The molecule has 4 N–H and O–H groups in total. The number of nitrogens with zero attached hydrogens (tertiary/aromatic N) is 1. The van der Waals surface area contributed by atoms with E-state index in [9.17, 15) is 9.59 Å². The van der Waals surface area contributed by atoms with E-state index in [-0.39, 0.29) is 4.88 Å². The van der Waals surface area contributed by atoms with Gasteiger partial charge in [-0.2, -0.15) is 0 Å². The normalized spacial score (nSPS) is 10.8. The second-order valence-corrected chi connectivity index (χ2v) is 7.39. The molecular weight excluding hydrogens is 386 g/mol. The number of carbonyl (C=O) groups is 2. The van der Waals surface area contributed by atoms with Crippen molar-refractivity contribution in [2.24, 2.45) is 0 Å². The first kappa shape index (κ1) is 18.6. The number of aromatic nitrogens is 1. The molecule has 0 aliphatic rings. The van der Waals surface area contributed by atoms with Gasteiger partial charge in [-0.25, -0.2) is 4.98 Å². The minimum absolute atomic E-state index is 0.260. The molecule has 0 radical (unpaired) electrons. The molecule has 144 valence electrons. The molecule has 4 rings (SSSR count). The Morgan fingerprint density at radius 3 is 2.24 bits per heavy atom. The molecule has 0 fully saturated rings. The third kappa shape index (κ3) is 3.68. The molecular formula is C22H17N3O3S. The summed E-state index contributed by atoms with van der Waals surface area (Å²) in [5.41, 5.74) is 10.2. The van der Waals surface area contributed by atoms with Crippen molar-refractivity contribution in [1.29, 1.82) is 0 Å². The number of thiophene rings is 1. The van der Waals surface area contributed by atoms with Crippen LogP contribution in [0.2, 0.25) is 0 Å². The number of benzene rings is 2. The lowest BCUT2D eigenvalue weighted by molar-refractivity contribution is -0.135. The maximum atomic E-state index is 12.5. The van der Waals surface area contributed by atoms with Crippen LogP contribution in [0.1, 0.15) is 9.67 Å². The van der Waals surface area contributed by atoms with Crippen molar-refractivity contribution in [2.75, 3.05) is 12.3 Å². The van der Waals surface area contributed by atoms with Gasteiger partial charge in [0.15, 0.2) is 0 Å². The molecule has 0 bridgehead atoms. The Hall–Kier alpha value is -3.71. The smallest absolute Gasteiger partial charge is 0.322 e. The summed E-state index contributed by atoms with van der Waals surface area (Å²) in [5, 5.41) is 11.9.